The zero-order valence-electron chi connectivity index (χ0n) is 9.11. The van der Waals surface area contributed by atoms with Crippen molar-refractivity contribution in [1.29, 1.82) is 0 Å². The van der Waals surface area contributed by atoms with Crippen molar-refractivity contribution in [3.8, 4) is 5.75 Å². The van der Waals surface area contributed by atoms with Gasteiger partial charge < -0.3 is 15.4 Å². The van der Waals surface area contributed by atoms with Gasteiger partial charge >= 0.3 is 0 Å². The number of ether oxygens (including phenoxy) is 1. The third kappa shape index (κ3) is 1.50. The summed E-state index contributed by atoms with van der Waals surface area (Å²) in [6.07, 6.45) is 0. The van der Waals surface area contributed by atoms with E-state index in [2.05, 4.69) is 0 Å². The minimum Gasteiger partial charge on any atom is -0.481 e. The number of carbonyl (C=O) groups excluding carboxylic acids is 2. The Labute approximate surface area is 92.8 Å². The van der Waals surface area contributed by atoms with Gasteiger partial charge in [0.1, 0.15) is 0 Å². The number of carbonyl (C=O) groups is 2. The Morgan fingerprint density at radius 3 is 2.81 bits per heavy atom. The standard InChI is InChI=1S/C11H12N2O3/c1-6(14)8-3-7(12)4-9-11(8)16-5-10(15)13(9)2/h3-4H,5,12H2,1-2H3. The molecule has 1 heterocycles. The molecule has 2 N–H and O–H groups in total. The lowest BCUT2D eigenvalue weighted by molar-refractivity contribution is -0.121. The van der Waals surface area contributed by atoms with E-state index in [1.807, 2.05) is 0 Å². The first kappa shape index (κ1) is 10.5. The SMILES string of the molecule is CC(=O)c1cc(N)cc2c1OCC(=O)N2C. The summed E-state index contributed by atoms with van der Waals surface area (Å²) in [4.78, 5) is 24.3. The molecular weight excluding hydrogens is 208 g/mol. The molecule has 1 aliphatic rings. The minimum absolute atomic E-state index is 0.0479. The van der Waals surface area contributed by atoms with Crippen molar-refractivity contribution in [2.24, 2.45) is 0 Å². The van der Waals surface area contributed by atoms with Gasteiger partial charge in [-0.1, -0.05) is 0 Å². The van der Waals surface area contributed by atoms with E-state index in [0.29, 0.717) is 22.7 Å². The third-order valence-electron chi connectivity index (χ3n) is 2.55. The van der Waals surface area contributed by atoms with E-state index in [1.54, 1.807) is 19.2 Å². The van der Waals surface area contributed by atoms with Gasteiger partial charge in [0.05, 0.1) is 11.3 Å². The molecule has 16 heavy (non-hydrogen) atoms. The molecule has 1 amide bonds. The van der Waals surface area contributed by atoms with E-state index >= 15 is 0 Å². The zero-order valence-corrected chi connectivity index (χ0v) is 9.11. The van der Waals surface area contributed by atoms with Crippen molar-refractivity contribution < 1.29 is 14.3 Å². The zero-order chi connectivity index (χ0) is 11.9. The van der Waals surface area contributed by atoms with Crippen molar-refractivity contribution >= 4 is 23.1 Å². The minimum atomic E-state index is -0.160. The van der Waals surface area contributed by atoms with Gasteiger partial charge in [-0.15, -0.1) is 0 Å². The van der Waals surface area contributed by atoms with E-state index in [-0.39, 0.29) is 18.3 Å². The number of rotatable bonds is 1. The van der Waals surface area contributed by atoms with Crippen LogP contribution in [0.1, 0.15) is 17.3 Å². The summed E-state index contributed by atoms with van der Waals surface area (Å²) in [7, 11) is 1.63. The van der Waals surface area contributed by atoms with Crippen molar-refractivity contribution in [3.05, 3.63) is 17.7 Å². The van der Waals surface area contributed by atoms with Crippen LogP contribution in [0.3, 0.4) is 0 Å². The lowest BCUT2D eigenvalue weighted by Crippen LogP contribution is -2.36. The fraction of sp³-hybridized carbons (Fsp3) is 0.273. The third-order valence-corrected chi connectivity index (χ3v) is 2.55. The van der Waals surface area contributed by atoms with Gasteiger partial charge in [0.2, 0.25) is 0 Å². The summed E-state index contributed by atoms with van der Waals surface area (Å²) in [6.45, 7) is 1.39. The Balaban J connectivity index is 2.65. The van der Waals surface area contributed by atoms with Crippen LogP contribution in [0.4, 0.5) is 11.4 Å². The average Bonchev–Trinajstić information content (AvgIpc) is 2.23. The summed E-state index contributed by atoms with van der Waals surface area (Å²) >= 11 is 0. The first-order valence-electron chi connectivity index (χ1n) is 4.84. The van der Waals surface area contributed by atoms with Crippen molar-refractivity contribution in [3.63, 3.8) is 0 Å². The van der Waals surface area contributed by atoms with E-state index in [4.69, 9.17) is 10.5 Å². The Morgan fingerprint density at radius 1 is 1.50 bits per heavy atom. The molecule has 5 nitrogen and oxygen atoms in total. The van der Waals surface area contributed by atoms with E-state index in [0.717, 1.165) is 0 Å². The Morgan fingerprint density at radius 2 is 2.19 bits per heavy atom. The quantitative estimate of drug-likeness (QED) is 0.562. The van der Waals surface area contributed by atoms with Crippen molar-refractivity contribution in [2.45, 2.75) is 6.92 Å². The second kappa shape index (κ2) is 3.52. The molecule has 1 aromatic rings. The molecule has 0 saturated carbocycles. The average molecular weight is 220 g/mol. The smallest absolute Gasteiger partial charge is 0.264 e. The molecule has 0 aliphatic carbocycles. The fourth-order valence-corrected chi connectivity index (χ4v) is 1.66. The van der Waals surface area contributed by atoms with Crippen LogP contribution in [-0.2, 0) is 4.79 Å². The molecule has 0 fully saturated rings. The molecule has 2 rings (SSSR count). The number of fused-ring (bicyclic) bond motifs is 1. The van der Waals surface area contributed by atoms with Crippen molar-refractivity contribution in [1.82, 2.24) is 0 Å². The summed E-state index contributed by atoms with van der Waals surface area (Å²) in [5.74, 6) is 0.141. The summed E-state index contributed by atoms with van der Waals surface area (Å²) in [5, 5.41) is 0. The van der Waals surface area contributed by atoms with Crippen molar-refractivity contribution in [2.75, 3.05) is 24.3 Å². The normalized spacial score (nSPS) is 14.4. The molecule has 0 atom stereocenters. The maximum absolute atomic E-state index is 11.4. The Kier molecular flexibility index (Phi) is 2.30. The van der Waals surface area contributed by atoms with E-state index in [9.17, 15) is 9.59 Å². The molecule has 0 aromatic heterocycles. The molecule has 1 aliphatic heterocycles. The van der Waals surface area contributed by atoms with Crippen LogP contribution in [0.15, 0.2) is 12.1 Å². The highest BCUT2D eigenvalue weighted by Crippen LogP contribution is 2.36. The Hall–Kier alpha value is -2.04. The number of nitrogens with zero attached hydrogens (tertiary/aromatic N) is 1. The molecule has 0 saturated heterocycles. The monoisotopic (exact) mass is 220 g/mol. The van der Waals surface area contributed by atoms with Gasteiger partial charge in [0.25, 0.3) is 5.91 Å². The highest BCUT2D eigenvalue weighted by atomic mass is 16.5. The van der Waals surface area contributed by atoms with Gasteiger partial charge in [-0.2, -0.15) is 0 Å². The number of Topliss-reactive ketones (excluding diaryl/α,β-unsaturated/α-hetero) is 1. The number of nitrogens with two attached hydrogens (primary N) is 1. The van der Waals surface area contributed by atoms with E-state index < -0.39 is 0 Å². The Bertz CT molecular complexity index is 482. The first-order chi connectivity index (χ1) is 7.50. The molecule has 1 aromatic carbocycles. The van der Waals surface area contributed by atoms with Gasteiger partial charge in [-0.25, -0.2) is 0 Å². The predicted molar refractivity (Wildman–Crippen MR) is 59.8 cm³/mol. The largest absolute Gasteiger partial charge is 0.481 e. The number of amides is 1. The number of anilines is 2. The number of likely N-dealkylation sites (N-methyl/N-ethyl adjacent to an activating group) is 1. The highest BCUT2D eigenvalue weighted by Gasteiger charge is 2.26. The molecular formula is C11H12N2O3. The lowest BCUT2D eigenvalue weighted by Gasteiger charge is -2.27. The number of benzene rings is 1. The van der Waals surface area contributed by atoms with Gasteiger partial charge in [-0.3, -0.25) is 9.59 Å². The summed E-state index contributed by atoms with van der Waals surface area (Å²) in [5.41, 5.74) is 7.08. The van der Waals surface area contributed by atoms with Gasteiger partial charge in [-0.05, 0) is 19.1 Å². The summed E-state index contributed by atoms with van der Waals surface area (Å²) in [6, 6.07) is 3.18. The summed E-state index contributed by atoms with van der Waals surface area (Å²) < 4.78 is 5.29. The molecule has 0 radical (unpaired) electrons. The van der Waals surface area contributed by atoms with Gasteiger partial charge in [0.15, 0.2) is 18.1 Å². The fourth-order valence-electron chi connectivity index (χ4n) is 1.66. The molecule has 0 unspecified atom stereocenters. The topological polar surface area (TPSA) is 72.6 Å². The predicted octanol–water partition coefficient (Wildman–Crippen LogP) is 0.827. The molecule has 0 bridgehead atoms. The molecule has 84 valence electrons. The van der Waals surface area contributed by atoms with Crippen LogP contribution >= 0.6 is 0 Å². The van der Waals surface area contributed by atoms with Crippen LogP contribution < -0.4 is 15.4 Å². The van der Waals surface area contributed by atoms with Gasteiger partial charge in [0, 0.05) is 12.7 Å². The first-order valence-corrected chi connectivity index (χ1v) is 4.84. The van der Waals surface area contributed by atoms with Crippen LogP contribution in [-0.4, -0.2) is 25.3 Å². The number of nitrogen functional groups attached to an aromatic ring is 1. The maximum atomic E-state index is 11.4. The number of hydrogen-bond donors (Lipinski definition) is 1. The second-order valence-electron chi connectivity index (χ2n) is 3.71. The maximum Gasteiger partial charge on any atom is 0.264 e. The van der Waals surface area contributed by atoms with E-state index in [1.165, 1.54) is 11.8 Å². The lowest BCUT2D eigenvalue weighted by atomic mass is 10.1. The highest BCUT2D eigenvalue weighted by molar-refractivity contribution is 6.05. The second-order valence-corrected chi connectivity index (χ2v) is 3.71. The van der Waals surface area contributed by atoms with Crippen LogP contribution in [0.5, 0.6) is 5.75 Å². The number of hydrogen-bond acceptors (Lipinski definition) is 4. The van der Waals surface area contributed by atoms with Crippen LogP contribution in [0.25, 0.3) is 0 Å². The molecule has 0 spiro atoms. The van der Waals surface area contributed by atoms with Crippen LogP contribution in [0, 0.1) is 0 Å². The molecule has 5 heteroatoms. The van der Waals surface area contributed by atoms with Crippen LogP contribution in [0.2, 0.25) is 0 Å². The number of ketones is 1.